The van der Waals surface area contributed by atoms with E-state index < -0.39 is 5.97 Å². The molecule has 0 spiro atoms. The van der Waals surface area contributed by atoms with Crippen molar-refractivity contribution >= 4 is 5.97 Å². The van der Waals surface area contributed by atoms with Crippen LogP contribution >= 0.6 is 0 Å². The van der Waals surface area contributed by atoms with Gasteiger partial charge in [0.1, 0.15) is 0 Å². The Morgan fingerprint density at radius 1 is 1.29 bits per heavy atom. The predicted molar refractivity (Wildman–Crippen MR) is 59.3 cm³/mol. The Morgan fingerprint density at radius 3 is 2.57 bits per heavy atom. The Labute approximate surface area is 87.0 Å². The van der Waals surface area contributed by atoms with E-state index in [-0.39, 0.29) is 5.92 Å². The van der Waals surface area contributed by atoms with E-state index in [0.29, 0.717) is 0 Å². The summed E-state index contributed by atoms with van der Waals surface area (Å²) >= 11 is 0. The molecule has 0 aliphatic carbocycles. The zero-order valence-electron chi connectivity index (χ0n) is 9.33. The van der Waals surface area contributed by atoms with Crippen LogP contribution in [0.2, 0.25) is 0 Å². The van der Waals surface area contributed by atoms with Crippen LogP contribution in [-0.2, 0) is 4.79 Å². The first-order valence-corrected chi connectivity index (χ1v) is 5.56. The van der Waals surface area contributed by atoms with E-state index in [1.807, 2.05) is 0 Å². The average Bonchev–Trinajstić information content (AvgIpc) is 2.16. The third-order valence-corrected chi connectivity index (χ3v) is 2.33. The maximum absolute atomic E-state index is 10.5. The van der Waals surface area contributed by atoms with Gasteiger partial charge in [-0.25, -0.2) is 0 Å². The molecule has 0 radical (unpaired) electrons. The molecule has 0 saturated heterocycles. The van der Waals surface area contributed by atoms with Crippen molar-refractivity contribution in [3.8, 4) is 0 Å². The molecule has 0 aromatic rings. The SMILES string of the molecule is CCC=CCCCCCC(C)C(=O)O. The molecule has 0 bridgehead atoms. The van der Waals surface area contributed by atoms with Crippen molar-refractivity contribution in [1.29, 1.82) is 0 Å². The molecule has 1 N–H and O–H groups in total. The number of unbranched alkanes of at least 4 members (excludes halogenated alkanes) is 3. The summed E-state index contributed by atoms with van der Waals surface area (Å²) in [6.45, 7) is 3.91. The number of carboxylic acids is 1. The predicted octanol–water partition coefficient (Wildman–Crippen LogP) is 3.62. The van der Waals surface area contributed by atoms with E-state index in [1.165, 1.54) is 6.42 Å². The molecule has 1 atom stereocenters. The van der Waals surface area contributed by atoms with Crippen molar-refractivity contribution < 1.29 is 9.90 Å². The molecule has 0 rings (SSSR count). The van der Waals surface area contributed by atoms with Crippen molar-refractivity contribution in [2.75, 3.05) is 0 Å². The van der Waals surface area contributed by atoms with Crippen molar-refractivity contribution in [2.24, 2.45) is 5.92 Å². The molecule has 0 aromatic carbocycles. The molecule has 0 aliphatic rings. The lowest BCUT2D eigenvalue weighted by Crippen LogP contribution is -2.08. The Kier molecular flexibility index (Phi) is 8.30. The number of aliphatic carboxylic acids is 1. The first kappa shape index (κ1) is 13.2. The van der Waals surface area contributed by atoms with E-state index in [4.69, 9.17) is 5.11 Å². The lowest BCUT2D eigenvalue weighted by Gasteiger charge is -2.04. The molecule has 1 unspecified atom stereocenters. The lowest BCUT2D eigenvalue weighted by atomic mass is 10.0. The number of carbonyl (C=O) groups is 1. The molecule has 2 nitrogen and oxygen atoms in total. The van der Waals surface area contributed by atoms with E-state index in [9.17, 15) is 4.79 Å². The van der Waals surface area contributed by atoms with Gasteiger partial charge in [0.15, 0.2) is 0 Å². The van der Waals surface area contributed by atoms with Gasteiger partial charge in [-0.3, -0.25) is 4.79 Å². The van der Waals surface area contributed by atoms with Crippen LogP contribution in [0, 0.1) is 5.92 Å². The second-order valence-corrected chi connectivity index (χ2v) is 3.76. The Hall–Kier alpha value is -0.790. The van der Waals surface area contributed by atoms with Crippen LogP contribution in [0.15, 0.2) is 12.2 Å². The zero-order chi connectivity index (χ0) is 10.8. The molecule has 2 heteroatoms. The van der Waals surface area contributed by atoms with Gasteiger partial charge in [0, 0.05) is 0 Å². The van der Waals surface area contributed by atoms with Crippen LogP contribution in [-0.4, -0.2) is 11.1 Å². The van der Waals surface area contributed by atoms with Crippen LogP contribution in [0.1, 0.15) is 52.4 Å². The van der Waals surface area contributed by atoms with E-state index in [1.54, 1.807) is 6.92 Å². The second kappa shape index (κ2) is 8.79. The van der Waals surface area contributed by atoms with Crippen LogP contribution in [0.25, 0.3) is 0 Å². The van der Waals surface area contributed by atoms with Gasteiger partial charge in [-0.2, -0.15) is 0 Å². The summed E-state index contributed by atoms with van der Waals surface area (Å²) in [6, 6.07) is 0. The Balaban J connectivity index is 3.21. The zero-order valence-corrected chi connectivity index (χ0v) is 9.33. The van der Waals surface area contributed by atoms with Crippen LogP contribution in [0.3, 0.4) is 0 Å². The molecule has 0 saturated carbocycles. The minimum absolute atomic E-state index is 0.179. The molecular formula is C12H22O2. The van der Waals surface area contributed by atoms with E-state index >= 15 is 0 Å². The molecule has 0 aromatic heterocycles. The third-order valence-electron chi connectivity index (χ3n) is 2.33. The highest BCUT2D eigenvalue weighted by Crippen LogP contribution is 2.10. The fraction of sp³-hybridized carbons (Fsp3) is 0.750. The van der Waals surface area contributed by atoms with Gasteiger partial charge < -0.3 is 5.11 Å². The fourth-order valence-corrected chi connectivity index (χ4v) is 1.30. The summed E-state index contributed by atoms with van der Waals surface area (Å²) in [5.41, 5.74) is 0. The average molecular weight is 198 g/mol. The Morgan fingerprint density at radius 2 is 2.00 bits per heavy atom. The second-order valence-electron chi connectivity index (χ2n) is 3.76. The van der Waals surface area contributed by atoms with Gasteiger partial charge in [0.05, 0.1) is 5.92 Å². The van der Waals surface area contributed by atoms with Crippen molar-refractivity contribution in [2.45, 2.75) is 52.4 Å². The molecule has 0 fully saturated rings. The largest absolute Gasteiger partial charge is 0.481 e. The first-order valence-electron chi connectivity index (χ1n) is 5.56. The minimum Gasteiger partial charge on any atom is -0.481 e. The number of hydrogen-bond acceptors (Lipinski definition) is 1. The number of rotatable bonds is 8. The highest BCUT2D eigenvalue weighted by Gasteiger charge is 2.08. The molecule has 82 valence electrons. The van der Waals surface area contributed by atoms with Crippen LogP contribution < -0.4 is 0 Å². The minimum atomic E-state index is -0.670. The number of carboxylic acid groups (broad SMARTS) is 1. The smallest absolute Gasteiger partial charge is 0.306 e. The van der Waals surface area contributed by atoms with Crippen molar-refractivity contribution in [1.82, 2.24) is 0 Å². The monoisotopic (exact) mass is 198 g/mol. The van der Waals surface area contributed by atoms with Gasteiger partial charge in [-0.1, -0.05) is 38.8 Å². The van der Waals surface area contributed by atoms with E-state index in [2.05, 4.69) is 19.1 Å². The first-order chi connectivity index (χ1) is 6.68. The fourth-order valence-electron chi connectivity index (χ4n) is 1.30. The van der Waals surface area contributed by atoms with Crippen molar-refractivity contribution in [3.63, 3.8) is 0 Å². The quantitative estimate of drug-likeness (QED) is 0.477. The van der Waals surface area contributed by atoms with E-state index in [0.717, 1.165) is 32.1 Å². The molecule has 0 aliphatic heterocycles. The molecule has 0 heterocycles. The molecular weight excluding hydrogens is 176 g/mol. The maximum Gasteiger partial charge on any atom is 0.306 e. The standard InChI is InChI=1S/C12H22O2/c1-3-4-5-6-7-8-9-10-11(2)12(13)14/h4-5,11H,3,6-10H2,1-2H3,(H,13,14). The topological polar surface area (TPSA) is 37.3 Å². The van der Waals surface area contributed by atoms with Crippen LogP contribution in [0.5, 0.6) is 0 Å². The third kappa shape index (κ3) is 7.84. The van der Waals surface area contributed by atoms with Crippen LogP contribution in [0.4, 0.5) is 0 Å². The maximum atomic E-state index is 10.5. The summed E-state index contributed by atoms with van der Waals surface area (Å²) in [5.74, 6) is -0.850. The highest BCUT2D eigenvalue weighted by molar-refractivity contribution is 5.69. The van der Waals surface area contributed by atoms with Crippen molar-refractivity contribution in [3.05, 3.63) is 12.2 Å². The summed E-state index contributed by atoms with van der Waals surface area (Å²) < 4.78 is 0. The summed E-state index contributed by atoms with van der Waals surface area (Å²) in [7, 11) is 0. The normalized spacial score (nSPS) is 13.3. The van der Waals surface area contributed by atoms with Gasteiger partial charge >= 0.3 is 5.97 Å². The van der Waals surface area contributed by atoms with Gasteiger partial charge in [0.2, 0.25) is 0 Å². The van der Waals surface area contributed by atoms with Gasteiger partial charge in [-0.05, 0) is 25.7 Å². The lowest BCUT2D eigenvalue weighted by molar-refractivity contribution is -0.141. The summed E-state index contributed by atoms with van der Waals surface area (Å²) in [5, 5.41) is 8.64. The van der Waals surface area contributed by atoms with Gasteiger partial charge in [-0.15, -0.1) is 0 Å². The number of allylic oxidation sites excluding steroid dienone is 2. The summed E-state index contributed by atoms with van der Waals surface area (Å²) in [4.78, 5) is 10.5. The summed E-state index contributed by atoms with van der Waals surface area (Å²) in [6.07, 6.45) is 10.8. The number of hydrogen-bond donors (Lipinski definition) is 1. The highest BCUT2D eigenvalue weighted by atomic mass is 16.4. The van der Waals surface area contributed by atoms with Gasteiger partial charge in [0.25, 0.3) is 0 Å². The molecule has 14 heavy (non-hydrogen) atoms. The Bertz CT molecular complexity index is 173. The molecule has 0 amide bonds.